The molecule has 0 aromatic heterocycles. The van der Waals surface area contributed by atoms with E-state index in [1.807, 2.05) is 6.92 Å². The maximum absolute atomic E-state index is 12.4. The van der Waals surface area contributed by atoms with Gasteiger partial charge in [0.15, 0.2) is 0 Å². The van der Waals surface area contributed by atoms with E-state index in [-0.39, 0.29) is 5.75 Å². The molecule has 2 N–H and O–H groups in total. The largest absolute Gasteiger partial charge is 0.497 e. The van der Waals surface area contributed by atoms with Gasteiger partial charge in [0.1, 0.15) is 17.2 Å². The first-order valence-corrected chi connectivity index (χ1v) is 10.3. The van der Waals surface area contributed by atoms with E-state index in [0.717, 1.165) is 0 Å². The molecule has 0 saturated heterocycles. The quantitative estimate of drug-likeness (QED) is 0.175. The molecule has 0 aliphatic rings. The number of benzene rings is 3. The first kappa shape index (κ1) is 24.0. The van der Waals surface area contributed by atoms with Crippen LogP contribution in [0.5, 0.6) is 17.2 Å². The molecule has 0 saturated carbocycles. The van der Waals surface area contributed by atoms with E-state index in [1.54, 1.807) is 72.8 Å². The van der Waals surface area contributed by atoms with E-state index in [0.29, 0.717) is 34.9 Å². The molecule has 0 unspecified atom stereocenters. The maximum atomic E-state index is 12.4. The van der Waals surface area contributed by atoms with Crippen molar-refractivity contribution in [2.24, 2.45) is 5.10 Å². The summed E-state index contributed by atoms with van der Waals surface area (Å²) in [7, 11) is 1.51. The third kappa shape index (κ3) is 6.67. The molecule has 0 fully saturated rings. The van der Waals surface area contributed by atoms with Gasteiger partial charge in [-0.1, -0.05) is 30.3 Å². The number of hydrogen-bond acceptors (Lipinski definition) is 7. The van der Waals surface area contributed by atoms with Gasteiger partial charge in [-0.25, -0.2) is 10.2 Å². The number of hydrogen-bond donors (Lipinski definition) is 2. The average molecular weight is 461 g/mol. The summed E-state index contributed by atoms with van der Waals surface area (Å²) in [5, 5.41) is 6.27. The SMILES string of the molecule is CCOc1ccccc1NC(=O)C(=O)N/N=C/c1cccc(OC(=O)c2cccc(OC)c2)c1. The fourth-order valence-corrected chi connectivity index (χ4v) is 2.82. The molecule has 0 radical (unpaired) electrons. The van der Waals surface area contributed by atoms with Gasteiger partial charge in [0.25, 0.3) is 0 Å². The molecule has 3 aromatic rings. The van der Waals surface area contributed by atoms with Crippen molar-refractivity contribution in [3.05, 3.63) is 83.9 Å². The van der Waals surface area contributed by atoms with Gasteiger partial charge < -0.3 is 19.5 Å². The molecule has 3 aromatic carbocycles. The number of amides is 2. The van der Waals surface area contributed by atoms with E-state index in [4.69, 9.17) is 14.2 Å². The Balaban J connectivity index is 1.57. The first-order valence-electron chi connectivity index (χ1n) is 10.3. The number of carbonyl (C=O) groups is 3. The average Bonchev–Trinajstić information content (AvgIpc) is 2.85. The van der Waals surface area contributed by atoms with E-state index in [2.05, 4.69) is 15.8 Å². The van der Waals surface area contributed by atoms with Crippen molar-refractivity contribution in [2.45, 2.75) is 6.92 Å². The Morgan fingerprint density at radius 1 is 0.912 bits per heavy atom. The van der Waals surface area contributed by atoms with Gasteiger partial charge in [-0.3, -0.25) is 9.59 Å². The zero-order valence-electron chi connectivity index (χ0n) is 18.6. The van der Waals surface area contributed by atoms with E-state index in [9.17, 15) is 14.4 Å². The summed E-state index contributed by atoms with van der Waals surface area (Å²) in [5.41, 5.74) is 3.41. The van der Waals surface area contributed by atoms with Gasteiger partial charge in [0, 0.05) is 0 Å². The van der Waals surface area contributed by atoms with Crippen LogP contribution in [0.1, 0.15) is 22.8 Å². The summed E-state index contributed by atoms with van der Waals surface area (Å²) < 4.78 is 15.9. The zero-order valence-corrected chi connectivity index (χ0v) is 18.6. The summed E-state index contributed by atoms with van der Waals surface area (Å²) in [6.45, 7) is 2.23. The van der Waals surface area contributed by atoms with Gasteiger partial charge in [-0.2, -0.15) is 5.10 Å². The third-order valence-corrected chi connectivity index (χ3v) is 4.40. The number of esters is 1. The minimum Gasteiger partial charge on any atom is -0.497 e. The number of anilines is 1. The highest BCUT2D eigenvalue weighted by Crippen LogP contribution is 2.23. The van der Waals surface area contributed by atoms with Crippen LogP contribution in [-0.4, -0.2) is 37.7 Å². The van der Waals surface area contributed by atoms with Gasteiger partial charge in [-0.05, 0) is 55.0 Å². The number of hydrazone groups is 1. The van der Waals surface area contributed by atoms with E-state index >= 15 is 0 Å². The fourth-order valence-electron chi connectivity index (χ4n) is 2.82. The molecular weight excluding hydrogens is 438 g/mol. The highest BCUT2D eigenvalue weighted by atomic mass is 16.5. The molecular formula is C25H23N3O6. The smallest absolute Gasteiger partial charge is 0.343 e. The molecule has 3 rings (SSSR count). The fraction of sp³-hybridized carbons (Fsp3) is 0.120. The molecule has 0 aliphatic heterocycles. The Morgan fingerprint density at radius 2 is 1.68 bits per heavy atom. The van der Waals surface area contributed by atoms with Crippen molar-refractivity contribution in [1.82, 2.24) is 5.43 Å². The van der Waals surface area contributed by atoms with Crippen LogP contribution < -0.4 is 25.0 Å². The van der Waals surface area contributed by atoms with Crippen molar-refractivity contribution < 1.29 is 28.6 Å². The third-order valence-electron chi connectivity index (χ3n) is 4.40. The Hall–Kier alpha value is -4.66. The summed E-state index contributed by atoms with van der Waals surface area (Å²) in [6, 6.07) is 19.9. The monoisotopic (exact) mass is 461 g/mol. The lowest BCUT2D eigenvalue weighted by atomic mass is 10.2. The molecule has 174 valence electrons. The van der Waals surface area contributed by atoms with Gasteiger partial charge in [0.2, 0.25) is 0 Å². The van der Waals surface area contributed by atoms with Gasteiger partial charge in [-0.15, -0.1) is 0 Å². The molecule has 0 bridgehead atoms. The normalized spacial score (nSPS) is 10.4. The van der Waals surface area contributed by atoms with Crippen molar-refractivity contribution in [1.29, 1.82) is 0 Å². The predicted molar refractivity (Wildman–Crippen MR) is 126 cm³/mol. The number of rotatable bonds is 8. The standard InChI is InChI=1S/C25H23N3O6/c1-3-33-22-13-5-4-12-21(22)27-23(29)24(30)28-26-16-17-8-6-11-20(14-17)34-25(31)18-9-7-10-19(15-18)32-2/h4-16H,3H2,1-2H3,(H,27,29)(H,28,30)/b26-16+. The second-order valence-corrected chi connectivity index (χ2v) is 6.78. The van der Waals surface area contributed by atoms with E-state index in [1.165, 1.54) is 13.3 Å². The molecule has 34 heavy (non-hydrogen) atoms. The Morgan fingerprint density at radius 3 is 2.47 bits per heavy atom. The van der Waals surface area contributed by atoms with Crippen LogP contribution in [0, 0.1) is 0 Å². The Kier molecular flexibility index (Phi) is 8.34. The highest BCUT2D eigenvalue weighted by Gasteiger charge is 2.15. The number of nitrogens with zero attached hydrogens (tertiary/aromatic N) is 1. The molecule has 0 atom stereocenters. The Labute approximate surface area is 196 Å². The van der Waals surface area contributed by atoms with Crippen LogP contribution in [0.2, 0.25) is 0 Å². The highest BCUT2D eigenvalue weighted by molar-refractivity contribution is 6.39. The molecule has 0 spiro atoms. The van der Waals surface area contributed by atoms with Crippen LogP contribution in [0.4, 0.5) is 5.69 Å². The summed E-state index contributed by atoms with van der Waals surface area (Å²) in [5.74, 6) is -1.13. The minimum atomic E-state index is -0.955. The van der Waals surface area contributed by atoms with Gasteiger partial charge >= 0.3 is 17.8 Å². The van der Waals surface area contributed by atoms with Crippen LogP contribution in [0.25, 0.3) is 0 Å². The number of nitrogens with one attached hydrogen (secondary N) is 2. The maximum Gasteiger partial charge on any atom is 0.343 e. The number of ether oxygens (including phenoxy) is 3. The Bertz CT molecular complexity index is 1210. The number of para-hydroxylation sites is 2. The second-order valence-electron chi connectivity index (χ2n) is 6.78. The second kappa shape index (κ2) is 11.8. The molecule has 0 heterocycles. The molecule has 9 nitrogen and oxygen atoms in total. The minimum absolute atomic E-state index is 0.286. The van der Waals surface area contributed by atoms with Crippen LogP contribution >= 0.6 is 0 Å². The summed E-state index contributed by atoms with van der Waals surface area (Å²) >= 11 is 0. The number of carbonyl (C=O) groups excluding carboxylic acids is 3. The molecule has 2 amide bonds. The van der Waals surface area contributed by atoms with Crippen LogP contribution in [0.3, 0.4) is 0 Å². The van der Waals surface area contributed by atoms with Crippen molar-refractivity contribution in [3.63, 3.8) is 0 Å². The molecule has 0 aliphatic carbocycles. The van der Waals surface area contributed by atoms with Crippen molar-refractivity contribution in [2.75, 3.05) is 19.0 Å². The predicted octanol–water partition coefficient (Wildman–Crippen LogP) is 3.40. The lowest BCUT2D eigenvalue weighted by Gasteiger charge is -2.10. The summed E-state index contributed by atoms with van der Waals surface area (Å²) in [6.07, 6.45) is 1.32. The molecule has 9 heteroatoms. The lowest BCUT2D eigenvalue weighted by Crippen LogP contribution is -2.32. The zero-order chi connectivity index (χ0) is 24.3. The van der Waals surface area contributed by atoms with E-state index < -0.39 is 17.8 Å². The van der Waals surface area contributed by atoms with Crippen molar-refractivity contribution >= 4 is 29.7 Å². The van der Waals surface area contributed by atoms with Crippen LogP contribution in [-0.2, 0) is 9.59 Å². The first-order chi connectivity index (χ1) is 16.5. The van der Waals surface area contributed by atoms with Crippen LogP contribution in [0.15, 0.2) is 77.9 Å². The topological polar surface area (TPSA) is 115 Å². The number of methoxy groups -OCH3 is 1. The summed E-state index contributed by atoms with van der Waals surface area (Å²) in [4.78, 5) is 36.6. The van der Waals surface area contributed by atoms with Gasteiger partial charge in [0.05, 0.1) is 31.2 Å². The van der Waals surface area contributed by atoms with Crippen molar-refractivity contribution in [3.8, 4) is 17.2 Å². The lowest BCUT2D eigenvalue weighted by molar-refractivity contribution is -0.136.